The highest BCUT2D eigenvalue weighted by atomic mass is 127. The second kappa shape index (κ2) is 4.54. The van der Waals surface area contributed by atoms with E-state index in [-0.39, 0.29) is 0 Å². The van der Waals surface area contributed by atoms with Crippen molar-refractivity contribution in [2.45, 2.75) is 50.1 Å². The molecule has 0 saturated heterocycles. The number of nitrogens with one attached hydrogen (secondary N) is 1. The minimum atomic E-state index is 0.315. The highest BCUT2D eigenvalue weighted by Crippen LogP contribution is 2.13. The Morgan fingerprint density at radius 3 is 2.30 bits per heavy atom. The summed E-state index contributed by atoms with van der Waals surface area (Å²) in [5.74, 6) is 0. The summed E-state index contributed by atoms with van der Waals surface area (Å²) in [5, 5.41) is 3.51. The molecule has 1 nitrogen and oxygen atoms in total. The number of halogens is 1. The zero-order valence-corrected chi connectivity index (χ0v) is 9.53. The second-order valence-electron chi connectivity index (χ2n) is 3.39. The van der Waals surface area contributed by atoms with E-state index < -0.39 is 0 Å². The highest BCUT2D eigenvalue weighted by molar-refractivity contribution is 14.1. The van der Waals surface area contributed by atoms with Gasteiger partial charge in [0.1, 0.15) is 0 Å². The first kappa shape index (κ1) is 10.7. The minimum absolute atomic E-state index is 0.315. The maximum atomic E-state index is 3.51. The lowest BCUT2D eigenvalue weighted by Crippen LogP contribution is -2.42. The Kier molecular flexibility index (Phi) is 4.86. The fraction of sp³-hybridized carbons (Fsp3) is 1.00. The molecule has 0 fully saturated rings. The van der Waals surface area contributed by atoms with Crippen LogP contribution >= 0.6 is 22.6 Å². The van der Waals surface area contributed by atoms with Crippen molar-refractivity contribution in [3.8, 4) is 0 Å². The van der Waals surface area contributed by atoms with Gasteiger partial charge < -0.3 is 5.32 Å². The predicted octanol–water partition coefficient (Wildman–Crippen LogP) is 2.94. The maximum Gasteiger partial charge on any atom is 0.0569 e. The van der Waals surface area contributed by atoms with E-state index in [1.54, 1.807) is 0 Å². The molecule has 2 heteroatoms. The van der Waals surface area contributed by atoms with E-state index in [0.717, 1.165) is 0 Å². The van der Waals surface area contributed by atoms with Crippen LogP contribution in [0.4, 0.5) is 0 Å². The summed E-state index contributed by atoms with van der Waals surface area (Å²) >= 11 is 2.40. The molecule has 0 aromatic carbocycles. The van der Waals surface area contributed by atoms with Gasteiger partial charge in [-0.05, 0) is 27.2 Å². The monoisotopic (exact) mass is 255 g/mol. The van der Waals surface area contributed by atoms with Crippen molar-refractivity contribution in [2.75, 3.05) is 0 Å². The van der Waals surface area contributed by atoms with Crippen molar-refractivity contribution in [1.29, 1.82) is 0 Å². The maximum absolute atomic E-state index is 3.51. The molecule has 0 amide bonds. The molecule has 0 aliphatic carbocycles. The van der Waals surface area contributed by atoms with Gasteiger partial charge in [-0.2, -0.15) is 0 Å². The van der Waals surface area contributed by atoms with Gasteiger partial charge in [0, 0.05) is 5.54 Å². The van der Waals surface area contributed by atoms with Crippen LogP contribution in [0.2, 0.25) is 0 Å². The van der Waals surface area contributed by atoms with E-state index >= 15 is 0 Å². The third-order valence-corrected chi connectivity index (χ3v) is 1.78. The van der Waals surface area contributed by atoms with Crippen molar-refractivity contribution >= 4 is 22.6 Å². The van der Waals surface area contributed by atoms with Crippen molar-refractivity contribution in [2.24, 2.45) is 0 Å². The van der Waals surface area contributed by atoms with Gasteiger partial charge in [-0.25, -0.2) is 0 Å². The van der Waals surface area contributed by atoms with Gasteiger partial charge in [0.25, 0.3) is 0 Å². The van der Waals surface area contributed by atoms with Gasteiger partial charge >= 0.3 is 0 Å². The summed E-state index contributed by atoms with van der Waals surface area (Å²) in [6.45, 7) is 8.91. The average molecular weight is 255 g/mol. The van der Waals surface area contributed by atoms with Gasteiger partial charge in [0.2, 0.25) is 0 Å². The summed E-state index contributed by atoms with van der Waals surface area (Å²) in [7, 11) is 0. The molecule has 0 aliphatic rings. The SMILES string of the molecule is CCCC(C)(C)NC(C)I. The van der Waals surface area contributed by atoms with Crippen LogP contribution in [-0.2, 0) is 0 Å². The molecule has 0 heterocycles. The zero-order valence-electron chi connectivity index (χ0n) is 7.37. The topological polar surface area (TPSA) is 12.0 Å². The van der Waals surface area contributed by atoms with Crippen LogP contribution in [-0.4, -0.2) is 9.59 Å². The van der Waals surface area contributed by atoms with E-state index in [1.807, 2.05) is 0 Å². The Hall–Kier alpha value is 0.690. The summed E-state index contributed by atoms with van der Waals surface area (Å²) in [5.41, 5.74) is 0.315. The average Bonchev–Trinajstić information content (AvgIpc) is 1.59. The van der Waals surface area contributed by atoms with Crippen LogP contribution in [0.15, 0.2) is 0 Å². The largest absolute Gasteiger partial charge is 0.301 e. The van der Waals surface area contributed by atoms with E-state index in [9.17, 15) is 0 Å². The Labute approximate surface area is 78.1 Å². The fourth-order valence-electron chi connectivity index (χ4n) is 1.24. The van der Waals surface area contributed by atoms with E-state index in [0.29, 0.717) is 9.59 Å². The molecule has 0 aromatic rings. The lowest BCUT2D eigenvalue weighted by atomic mass is 9.99. The van der Waals surface area contributed by atoms with Crippen LogP contribution in [0, 0.1) is 0 Å². The van der Waals surface area contributed by atoms with Crippen molar-refractivity contribution < 1.29 is 0 Å². The summed E-state index contributed by atoms with van der Waals surface area (Å²) in [6, 6.07) is 0. The van der Waals surface area contributed by atoms with E-state index in [4.69, 9.17) is 0 Å². The Balaban J connectivity index is 3.63. The molecule has 0 radical (unpaired) electrons. The quantitative estimate of drug-likeness (QED) is 0.462. The molecular formula is C8H18IN. The van der Waals surface area contributed by atoms with Crippen LogP contribution in [0.1, 0.15) is 40.5 Å². The molecule has 1 atom stereocenters. The van der Waals surface area contributed by atoms with Crippen molar-refractivity contribution in [1.82, 2.24) is 5.32 Å². The third kappa shape index (κ3) is 5.47. The van der Waals surface area contributed by atoms with Gasteiger partial charge in [-0.1, -0.05) is 35.9 Å². The summed E-state index contributed by atoms with van der Waals surface area (Å²) in [4.78, 5) is 0. The standard InChI is InChI=1S/C8H18IN/c1-5-6-8(3,4)10-7(2)9/h7,10H,5-6H2,1-4H3. The van der Waals surface area contributed by atoms with Crippen LogP contribution in [0.5, 0.6) is 0 Å². The van der Waals surface area contributed by atoms with Crippen LogP contribution in [0.3, 0.4) is 0 Å². The van der Waals surface area contributed by atoms with E-state index in [1.165, 1.54) is 12.8 Å². The molecular weight excluding hydrogens is 237 g/mol. The van der Waals surface area contributed by atoms with Crippen LogP contribution < -0.4 is 5.32 Å². The number of hydrogen-bond donors (Lipinski definition) is 1. The lowest BCUT2D eigenvalue weighted by molar-refractivity contribution is 0.362. The summed E-state index contributed by atoms with van der Waals surface area (Å²) < 4.78 is 0.569. The molecule has 0 saturated carbocycles. The third-order valence-electron chi connectivity index (χ3n) is 1.46. The summed E-state index contributed by atoms with van der Waals surface area (Å²) in [6.07, 6.45) is 2.50. The molecule has 0 spiro atoms. The predicted molar refractivity (Wildman–Crippen MR) is 55.6 cm³/mol. The smallest absolute Gasteiger partial charge is 0.0569 e. The molecule has 0 bridgehead atoms. The van der Waals surface area contributed by atoms with Crippen molar-refractivity contribution in [3.63, 3.8) is 0 Å². The van der Waals surface area contributed by atoms with Crippen molar-refractivity contribution in [3.05, 3.63) is 0 Å². The molecule has 1 unspecified atom stereocenters. The van der Waals surface area contributed by atoms with Gasteiger partial charge in [0.15, 0.2) is 0 Å². The first-order valence-corrected chi connectivity index (χ1v) is 5.14. The lowest BCUT2D eigenvalue weighted by Gasteiger charge is -2.27. The number of hydrogen-bond acceptors (Lipinski definition) is 1. The molecule has 0 aliphatic heterocycles. The van der Waals surface area contributed by atoms with Gasteiger partial charge in [-0.15, -0.1) is 0 Å². The fourth-order valence-corrected chi connectivity index (χ4v) is 2.08. The first-order chi connectivity index (χ1) is 4.48. The van der Waals surface area contributed by atoms with Crippen LogP contribution in [0.25, 0.3) is 0 Å². The second-order valence-corrected chi connectivity index (χ2v) is 5.26. The molecule has 0 aromatic heterocycles. The first-order valence-electron chi connectivity index (χ1n) is 3.89. The Bertz CT molecular complexity index is 89.3. The Morgan fingerprint density at radius 2 is 2.00 bits per heavy atom. The molecule has 62 valence electrons. The zero-order chi connectivity index (χ0) is 8.20. The number of rotatable bonds is 4. The normalized spacial score (nSPS) is 15.3. The number of alkyl halides is 1. The highest BCUT2D eigenvalue weighted by Gasteiger charge is 2.16. The molecule has 1 N–H and O–H groups in total. The van der Waals surface area contributed by atoms with E-state index in [2.05, 4.69) is 55.6 Å². The molecule has 10 heavy (non-hydrogen) atoms. The van der Waals surface area contributed by atoms with Gasteiger partial charge in [-0.3, -0.25) is 0 Å². The minimum Gasteiger partial charge on any atom is -0.301 e. The molecule has 0 rings (SSSR count). The van der Waals surface area contributed by atoms with Gasteiger partial charge in [0.05, 0.1) is 4.05 Å². The Morgan fingerprint density at radius 1 is 1.50 bits per heavy atom.